The molecule has 6 nitrogen and oxygen atoms in total. The first-order chi connectivity index (χ1) is 9.74. The summed E-state index contributed by atoms with van der Waals surface area (Å²) in [5.41, 5.74) is 0. The zero-order valence-corrected chi connectivity index (χ0v) is 11.8. The van der Waals surface area contributed by atoms with Gasteiger partial charge in [-0.1, -0.05) is 0 Å². The number of nitrogens with one attached hydrogen (secondary N) is 2. The molecule has 112 valence electrons. The fraction of sp³-hybridized carbons (Fsp3) is 0.571. The Kier molecular flexibility index (Phi) is 8.14. The van der Waals surface area contributed by atoms with Crippen molar-refractivity contribution in [2.45, 2.75) is 26.2 Å². The van der Waals surface area contributed by atoms with Crippen LogP contribution in [0.3, 0.4) is 0 Å². The quantitative estimate of drug-likeness (QED) is 0.634. The van der Waals surface area contributed by atoms with Crippen LogP contribution in [0.2, 0.25) is 0 Å². The van der Waals surface area contributed by atoms with E-state index in [-0.39, 0.29) is 17.6 Å². The molecule has 0 atom stereocenters. The molecule has 0 spiro atoms. The van der Waals surface area contributed by atoms with Crippen LogP contribution in [-0.2, 0) is 9.53 Å². The van der Waals surface area contributed by atoms with Gasteiger partial charge in [-0.15, -0.1) is 0 Å². The minimum atomic E-state index is -0.257. The molecule has 2 N–H and O–H groups in total. The summed E-state index contributed by atoms with van der Waals surface area (Å²) in [7, 11) is 0. The Morgan fingerprint density at radius 3 is 2.75 bits per heavy atom. The molecular weight excluding hydrogens is 260 g/mol. The van der Waals surface area contributed by atoms with Gasteiger partial charge < -0.3 is 19.8 Å². The first kappa shape index (κ1) is 16.2. The van der Waals surface area contributed by atoms with Crippen molar-refractivity contribution in [3.63, 3.8) is 0 Å². The second-order valence-electron chi connectivity index (χ2n) is 4.24. The third-order valence-electron chi connectivity index (χ3n) is 2.60. The molecule has 0 saturated carbocycles. The van der Waals surface area contributed by atoms with E-state index in [1.165, 1.54) is 6.26 Å². The number of amides is 2. The van der Waals surface area contributed by atoms with Crippen LogP contribution in [0.1, 0.15) is 36.7 Å². The molecule has 0 unspecified atom stereocenters. The number of ether oxygens (including phenoxy) is 1. The summed E-state index contributed by atoms with van der Waals surface area (Å²) in [6.45, 7) is 4.37. The maximum Gasteiger partial charge on any atom is 0.286 e. The van der Waals surface area contributed by atoms with E-state index in [0.717, 1.165) is 6.42 Å². The molecule has 0 bridgehead atoms. The summed E-state index contributed by atoms with van der Waals surface area (Å²) < 4.78 is 10.1. The fourth-order valence-corrected chi connectivity index (χ4v) is 1.58. The molecule has 1 rings (SSSR count). The molecule has 0 aliphatic rings. The van der Waals surface area contributed by atoms with Crippen molar-refractivity contribution in [3.05, 3.63) is 24.2 Å². The van der Waals surface area contributed by atoms with Crippen LogP contribution in [-0.4, -0.2) is 38.1 Å². The van der Waals surface area contributed by atoms with E-state index in [2.05, 4.69) is 10.6 Å². The molecule has 0 aliphatic heterocycles. The van der Waals surface area contributed by atoms with Crippen molar-refractivity contribution in [2.75, 3.05) is 26.3 Å². The molecule has 2 amide bonds. The second-order valence-corrected chi connectivity index (χ2v) is 4.24. The van der Waals surface area contributed by atoms with Crippen molar-refractivity contribution in [3.8, 4) is 0 Å². The highest BCUT2D eigenvalue weighted by Crippen LogP contribution is 1.99. The van der Waals surface area contributed by atoms with E-state index >= 15 is 0 Å². The Morgan fingerprint density at radius 1 is 1.25 bits per heavy atom. The monoisotopic (exact) mass is 282 g/mol. The van der Waals surface area contributed by atoms with Crippen LogP contribution in [0.25, 0.3) is 0 Å². The van der Waals surface area contributed by atoms with E-state index in [0.29, 0.717) is 39.1 Å². The number of furan rings is 1. The Balaban J connectivity index is 1.98. The van der Waals surface area contributed by atoms with Gasteiger partial charge in [0.15, 0.2) is 5.76 Å². The molecular formula is C14H22N2O4. The number of hydrogen-bond donors (Lipinski definition) is 2. The molecule has 1 aromatic heterocycles. The van der Waals surface area contributed by atoms with Crippen molar-refractivity contribution < 1.29 is 18.7 Å². The second kappa shape index (κ2) is 10.0. The van der Waals surface area contributed by atoms with E-state index < -0.39 is 0 Å². The maximum atomic E-state index is 11.5. The van der Waals surface area contributed by atoms with Crippen molar-refractivity contribution in [1.82, 2.24) is 10.6 Å². The lowest BCUT2D eigenvalue weighted by molar-refractivity contribution is -0.121. The van der Waals surface area contributed by atoms with Crippen molar-refractivity contribution in [1.29, 1.82) is 0 Å². The van der Waals surface area contributed by atoms with Crippen molar-refractivity contribution >= 4 is 11.8 Å². The Bertz CT molecular complexity index is 390. The number of carbonyl (C=O) groups excluding carboxylic acids is 2. The lowest BCUT2D eigenvalue weighted by atomic mass is 10.3. The maximum absolute atomic E-state index is 11.5. The minimum absolute atomic E-state index is 0.00579. The van der Waals surface area contributed by atoms with E-state index in [1.54, 1.807) is 12.1 Å². The largest absolute Gasteiger partial charge is 0.459 e. The summed E-state index contributed by atoms with van der Waals surface area (Å²) in [4.78, 5) is 23.0. The van der Waals surface area contributed by atoms with Crippen molar-refractivity contribution in [2.24, 2.45) is 0 Å². The van der Waals surface area contributed by atoms with Gasteiger partial charge in [0.25, 0.3) is 5.91 Å². The molecule has 0 fully saturated rings. The number of rotatable bonds is 10. The third-order valence-corrected chi connectivity index (χ3v) is 2.60. The van der Waals surface area contributed by atoms with Crippen LogP contribution in [0.5, 0.6) is 0 Å². The SMILES string of the molecule is CCOCCCNC(=O)CCCNC(=O)c1ccco1. The summed E-state index contributed by atoms with van der Waals surface area (Å²) in [5, 5.41) is 5.50. The van der Waals surface area contributed by atoms with Gasteiger partial charge in [-0.25, -0.2) is 0 Å². The predicted octanol–water partition coefficient (Wildman–Crippen LogP) is 1.33. The molecule has 6 heteroatoms. The van der Waals surface area contributed by atoms with E-state index in [4.69, 9.17) is 9.15 Å². The Labute approximate surface area is 118 Å². The zero-order valence-electron chi connectivity index (χ0n) is 11.8. The third kappa shape index (κ3) is 6.94. The lowest BCUT2D eigenvalue weighted by Crippen LogP contribution is -2.28. The average molecular weight is 282 g/mol. The Hall–Kier alpha value is -1.82. The lowest BCUT2D eigenvalue weighted by Gasteiger charge is -2.06. The molecule has 0 aromatic carbocycles. The standard InChI is InChI=1S/C14H22N2O4/c1-2-19-10-5-9-15-13(17)7-3-8-16-14(18)12-6-4-11-20-12/h4,6,11H,2-3,5,7-10H2,1H3,(H,15,17)(H,16,18). The molecule has 0 radical (unpaired) electrons. The van der Waals surface area contributed by atoms with Crippen LogP contribution < -0.4 is 10.6 Å². The van der Waals surface area contributed by atoms with Gasteiger partial charge in [-0.2, -0.15) is 0 Å². The summed E-state index contributed by atoms with van der Waals surface area (Å²) >= 11 is 0. The zero-order chi connectivity index (χ0) is 14.6. The molecule has 20 heavy (non-hydrogen) atoms. The summed E-state index contributed by atoms with van der Waals surface area (Å²) in [5.74, 6) is 0.0197. The van der Waals surface area contributed by atoms with Gasteiger partial charge >= 0.3 is 0 Å². The van der Waals surface area contributed by atoms with Gasteiger partial charge in [0.1, 0.15) is 0 Å². The summed E-state index contributed by atoms with van der Waals surface area (Å²) in [6, 6.07) is 3.25. The van der Waals surface area contributed by atoms with Crippen LogP contribution in [0.4, 0.5) is 0 Å². The molecule has 1 aromatic rings. The highest BCUT2D eigenvalue weighted by atomic mass is 16.5. The predicted molar refractivity (Wildman–Crippen MR) is 74.4 cm³/mol. The normalized spacial score (nSPS) is 10.2. The fourth-order valence-electron chi connectivity index (χ4n) is 1.58. The van der Waals surface area contributed by atoms with E-state index in [9.17, 15) is 9.59 Å². The van der Waals surface area contributed by atoms with Gasteiger partial charge in [0.2, 0.25) is 5.91 Å². The molecule has 0 saturated heterocycles. The van der Waals surface area contributed by atoms with Gasteiger partial charge in [0, 0.05) is 32.7 Å². The average Bonchev–Trinajstić information content (AvgIpc) is 2.97. The minimum Gasteiger partial charge on any atom is -0.459 e. The highest BCUT2D eigenvalue weighted by Gasteiger charge is 2.07. The number of hydrogen-bond acceptors (Lipinski definition) is 4. The van der Waals surface area contributed by atoms with Crippen LogP contribution in [0, 0.1) is 0 Å². The smallest absolute Gasteiger partial charge is 0.286 e. The number of carbonyl (C=O) groups is 2. The Morgan fingerprint density at radius 2 is 2.05 bits per heavy atom. The first-order valence-corrected chi connectivity index (χ1v) is 6.90. The van der Waals surface area contributed by atoms with Gasteiger partial charge in [0.05, 0.1) is 6.26 Å². The first-order valence-electron chi connectivity index (χ1n) is 6.90. The molecule has 0 aliphatic carbocycles. The van der Waals surface area contributed by atoms with E-state index in [1.807, 2.05) is 6.92 Å². The summed E-state index contributed by atoms with van der Waals surface area (Å²) in [6.07, 6.45) is 3.26. The van der Waals surface area contributed by atoms with Crippen LogP contribution >= 0.6 is 0 Å². The van der Waals surface area contributed by atoms with Crippen LogP contribution in [0.15, 0.2) is 22.8 Å². The van der Waals surface area contributed by atoms with Gasteiger partial charge in [-0.3, -0.25) is 9.59 Å². The highest BCUT2D eigenvalue weighted by molar-refractivity contribution is 5.91. The topological polar surface area (TPSA) is 80.6 Å². The molecule has 1 heterocycles. The van der Waals surface area contributed by atoms with Gasteiger partial charge in [-0.05, 0) is 31.9 Å².